The number of guanidine groups is 1. The van der Waals surface area contributed by atoms with Crippen LogP contribution in [0.2, 0.25) is 0 Å². The van der Waals surface area contributed by atoms with Crippen LogP contribution in [0.25, 0.3) is 0 Å². The summed E-state index contributed by atoms with van der Waals surface area (Å²) in [6.45, 7) is 4.97. The summed E-state index contributed by atoms with van der Waals surface area (Å²) in [5.74, 6) is 1.93. The summed E-state index contributed by atoms with van der Waals surface area (Å²) in [5, 5.41) is 6.83. The van der Waals surface area contributed by atoms with Gasteiger partial charge in [-0.15, -0.1) is 0 Å². The summed E-state index contributed by atoms with van der Waals surface area (Å²) in [7, 11) is 1.78. The molecule has 1 aliphatic heterocycles. The van der Waals surface area contributed by atoms with Crippen molar-refractivity contribution in [2.24, 2.45) is 4.99 Å². The van der Waals surface area contributed by atoms with Crippen molar-refractivity contribution < 1.29 is 9.53 Å². The highest BCUT2D eigenvalue weighted by atomic mass is 16.5. The number of nitrogens with zero attached hydrogens (tertiary/aromatic N) is 2. The Morgan fingerprint density at radius 3 is 2.72 bits per heavy atom. The number of nitrogens with one attached hydrogen (secondary N) is 2. The Bertz CT molecular complexity index is 869. The second-order valence-corrected chi connectivity index (χ2v) is 8.16. The Morgan fingerprint density at radius 1 is 1.12 bits per heavy atom. The van der Waals surface area contributed by atoms with Gasteiger partial charge in [-0.2, -0.15) is 0 Å². The van der Waals surface area contributed by atoms with E-state index < -0.39 is 0 Å². The summed E-state index contributed by atoms with van der Waals surface area (Å²) >= 11 is 0. The van der Waals surface area contributed by atoms with Crippen LogP contribution in [0, 0.1) is 0 Å². The lowest BCUT2D eigenvalue weighted by Gasteiger charge is -2.18. The average molecular weight is 437 g/mol. The number of carbonyl (C=O) groups excluding carboxylic acids is 1. The van der Waals surface area contributed by atoms with Gasteiger partial charge < -0.3 is 20.3 Å². The monoisotopic (exact) mass is 436 g/mol. The number of carbonyl (C=O) groups is 1. The van der Waals surface area contributed by atoms with Gasteiger partial charge in [-0.25, -0.2) is 0 Å². The molecule has 0 spiro atoms. The number of ether oxygens (including phenoxy) is 1. The number of aliphatic imine (C=N–C) groups is 1. The van der Waals surface area contributed by atoms with Crippen molar-refractivity contribution in [3.05, 3.63) is 65.7 Å². The molecule has 1 unspecified atom stereocenters. The van der Waals surface area contributed by atoms with Gasteiger partial charge in [0.05, 0.1) is 6.61 Å². The fraction of sp³-hybridized carbons (Fsp3) is 0.462. The van der Waals surface area contributed by atoms with E-state index in [9.17, 15) is 4.79 Å². The van der Waals surface area contributed by atoms with Gasteiger partial charge in [0.15, 0.2) is 5.96 Å². The van der Waals surface area contributed by atoms with E-state index in [-0.39, 0.29) is 11.9 Å². The van der Waals surface area contributed by atoms with E-state index in [1.807, 2.05) is 30.0 Å². The Kier molecular flexibility index (Phi) is 9.41. The second-order valence-electron chi connectivity index (χ2n) is 8.16. The van der Waals surface area contributed by atoms with Crippen LogP contribution in [0.5, 0.6) is 5.75 Å². The molecule has 1 fully saturated rings. The largest absolute Gasteiger partial charge is 0.494 e. The lowest BCUT2D eigenvalue weighted by atomic mass is 10.1. The quantitative estimate of drug-likeness (QED) is 0.340. The maximum Gasteiger partial charge on any atom is 0.222 e. The Labute approximate surface area is 192 Å². The fourth-order valence-electron chi connectivity index (χ4n) is 3.94. The number of rotatable bonds is 10. The Balaban J connectivity index is 1.36. The van der Waals surface area contributed by atoms with Crippen molar-refractivity contribution in [2.45, 2.75) is 45.1 Å². The minimum Gasteiger partial charge on any atom is -0.494 e. The van der Waals surface area contributed by atoms with Crippen LogP contribution in [0.1, 0.15) is 37.3 Å². The predicted octanol–water partition coefficient (Wildman–Crippen LogP) is 3.42. The van der Waals surface area contributed by atoms with Crippen molar-refractivity contribution in [1.82, 2.24) is 15.5 Å². The smallest absolute Gasteiger partial charge is 0.222 e. The summed E-state index contributed by atoms with van der Waals surface area (Å²) in [4.78, 5) is 18.1. The molecule has 2 aromatic carbocycles. The maximum absolute atomic E-state index is 11.9. The van der Waals surface area contributed by atoms with Crippen LogP contribution < -0.4 is 15.4 Å². The molecule has 0 radical (unpaired) electrons. The van der Waals surface area contributed by atoms with Crippen LogP contribution >= 0.6 is 0 Å². The van der Waals surface area contributed by atoms with Gasteiger partial charge in [0, 0.05) is 39.1 Å². The maximum atomic E-state index is 11.9. The Morgan fingerprint density at radius 2 is 1.94 bits per heavy atom. The molecule has 1 atom stereocenters. The van der Waals surface area contributed by atoms with Crippen molar-refractivity contribution >= 4 is 11.9 Å². The van der Waals surface area contributed by atoms with E-state index in [0.717, 1.165) is 57.0 Å². The Hall–Kier alpha value is -3.02. The van der Waals surface area contributed by atoms with Gasteiger partial charge in [-0.1, -0.05) is 49.4 Å². The van der Waals surface area contributed by atoms with E-state index in [1.54, 1.807) is 7.05 Å². The number of hydrogen-bond donors (Lipinski definition) is 2. The molecule has 1 heterocycles. The van der Waals surface area contributed by atoms with E-state index >= 15 is 0 Å². The third-order valence-corrected chi connectivity index (χ3v) is 5.73. The lowest BCUT2D eigenvalue weighted by Crippen LogP contribution is -2.45. The standard InChI is InChI=1S/C26H36N4O2/c1-3-25(31)30-17-15-23(20-30)29-26(27-2)28-16-14-22-11-7-13-24(19-22)32-18-8-12-21-9-5-4-6-10-21/h4-7,9-11,13,19,23H,3,8,12,14-18,20H2,1-2H3,(H2,27,28,29). The molecule has 2 N–H and O–H groups in total. The summed E-state index contributed by atoms with van der Waals surface area (Å²) < 4.78 is 5.96. The molecule has 172 valence electrons. The zero-order valence-electron chi connectivity index (χ0n) is 19.3. The lowest BCUT2D eigenvalue weighted by molar-refractivity contribution is -0.129. The SMILES string of the molecule is CCC(=O)N1CCC(NC(=NC)NCCc2cccc(OCCCc3ccccc3)c2)C1. The molecular formula is C26H36N4O2. The van der Waals surface area contributed by atoms with Crippen LogP contribution in [-0.4, -0.2) is 56.1 Å². The van der Waals surface area contributed by atoms with Crippen molar-refractivity contribution in [3.63, 3.8) is 0 Å². The first-order valence-electron chi connectivity index (χ1n) is 11.7. The molecule has 32 heavy (non-hydrogen) atoms. The summed E-state index contributed by atoms with van der Waals surface area (Å²) in [6, 6.07) is 19.1. The topological polar surface area (TPSA) is 66.0 Å². The number of aryl methyl sites for hydroxylation is 1. The van der Waals surface area contributed by atoms with Crippen LogP contribution in [0.4, 0.5) is 0 Å². The molecule has 0 aromatic heterocycles. The van der Waals surface area contributed by atoms with Gasteiger partial charge in [0.1, 0.15) is 5.75 Å². The van der Waals surface area contributed by atoms with Gasteiger partial charge in [0.25, 0.3) is 0 Å². The molecule has 0 saturated carbocycles. The molecule has 0 aliphatic carbocycles. The van der Waals surface area contributed by atoms with Crippen LogP contribution in [0.15, 0.2) is 59.6 Å². The predicted molar refractivity (Wildman–Crippen MR) is 130 cm³/mol. The van der Waals surface area contributed by atoms with E-state index in [2.05, 4.69) is 52.0 Å². The number of likely N-dealkylation sites (tertiary alicyclic amines) is 1. The molecular weight excluding hydrogens is 400 g/mol. The number of benzene rings is 2. The highest BCUT2D eigenvalue weighted by molar-refractivity contribution is 5.80. The van der Waals surface area contributed by atoms with Gasteiger partial charge >= 0.3 is 0 Å². The van der Waals surface area contributed by atoms with Crippen molar-refractivity contribution in [3.8, 4) is 5.75 Å². The zero-order valence-corrected chi connectivity index (χ0v) is 19.3. The minimum atomic E-state index is 0.222. The first kappa shape index (κ1) is 23.6. The third kappa shape index (κ3) is 7.59. The molecule has 1 aliphatic rings. The van der Waals surface area contributed by atoms with Crippen molar-refractivity contribution in [2.75, 3.05) is 33.3 Å². The number of amides is 1. The van der Waals surface area contributed by atoms with Crippen LogP contribution in [0.3, 0.4) is 0 Å². The molecule has 3 rings (SSSR count). The first-order chi connectivity index (χ1) is 15.7. The highest BCUT2D eigenvalue weighted by Gasteiger charge is 2.25. The summed E-state index contributed by atoms with van der Waals surface area (Å²) in [5.41, 5.74) is 2.58. The van der Waals surface area contributed by atoms with E-state index in [0.29, 0.717) is 13.0 Å². The molecule has 1 saturated heterocycles. The fourth-order valence-corrected chi connectivity index (χ4v) is 3.94. The number of hydrogen-bond acceptors (Lipinski definition) is 3. The average Bonchev–Trinajstić information content (AvgIpc) is 3.30. The summed E-state index contributed by atoms with van der Waals surface area (Å²) in [6.07, 6.45) is 4.43. The van der Waals surface area contributed by atoms with E-state index in [1.165, 1.54) is 11.1 Å². The van der Waals surface area contributed by atoms with E-state index in [4.69, 9.17) is 4.74 Å². The zero-order chi connectivity index (χ0) is 22.6. The molecule has 2 aromatic rings. The minimum absolute atomic E-state index is 0.222. The second kappa shape index (κ2) is 12.7. The molecule has 0 bridgehead atoms. The highest BCUT2D eigenvalue weighted by Crippen LogP contribution is 2.15. The van der Waals surface area contributed by atoms with Gasteiger partial charge in [-0.05, 0) is 48.9 Å². The molecule has 6 heteroatoms. The van der Waals surface area contributed by atoms with Crippen LogP contribution in [-0.2, 0) is 17.6 Å². The van der Waals surface area contributed by atoms with Gasteiger partial charge in [0.2, 0.25) is 5.91 Å². The molecule has 1 amide bonds. The molecule has 6 nitrogen and oxygen atoms in total. The normalized spacial score (nSPS) is 16.1. The third-order valence-electron chi connectivity index (χ3n) is 5.73. The first-order valence-corrected chi connectivity index (χ1v) is 11.7. The van der Waals surface area contributed by atoms with Gasteiger partial charge in [-0.3, -0.25) is 9.79 Å². The van der Waals surface area contributed by atoms with Crippen molar-refractivity contribution in [1.29, 1.82) is 0 Å².